The van der Waals surface area contributed by atoms with Crippen molar-refractivity contribution in [3.63, 3.8) is 0 Å². The summed E-state index contributed by atoms with van der Waals surface area (Å²) in [6.07, 6.45) is 4.58. The number of carbonyl (C=O) groups is 1. The van der Waals surface area contributed by atoms with Crippen molar-refractivity contribution in [2.24, 2.45) is 0 Å². The van der Waals surface area contributed by atoms with Crippen LogP contribution < -0.4 is 10.3 Å². The highest BCUT2D eigenvalue weighted by atomic mass is 19.1. The molecule has 5 rings (SSSR count). The normalized spacial score (nSPS) is 11.3. The van der Waals surface area contributed by atoms with Gasteiger partial charge in [-0.25, -0.2) is 23.8 Å². The summed E-state index contributed by atoms with van der Waals surface area (Å²) in [5.74, 6) is -0.0161. The first-order chi connectivity index (χ1) is 18.8. The van der Waals surface area contributed by atoms with Crippen LogP contribution in [0.4, 0.5) is 4.39 Å². The fourth-order valence-electron chi connectivity index (χ4n) is 4.24. The molecular formula is C27H26FN7O4. The van der Waals surface area contributed by atoms with Crippen LogP contribution in [-0.4, -0.2) is 67.6 Å². The molecule has 5 aromatic rings. The Morgan fingerprint density at radius 2 is 1.79 bits per heavy atom. The maximum absolute atomic E-state index is 15.5. The van der Waals surface area contributed by atoms with Crippen molar-refractivity contribution in [2.45, 2.75) is 13.5 Å². The van der Waals surface area contributed by atoms with E-state index in [2.05, 4.69) is 15.1 Å². The lowest BCUT2D eigenvalue weighted by Gasteiger charge is -2.14. The number of fused-ring (bicyclic) bond motifs is 1. The standard InChI is InChI=1S/C27H26FN7O4/c1-5-39-27(37)24-23-25(35(31-24)17-6-9-19(38-4)10-7-17)26(36)34(16-30-23)21-11-8-18(14-20(21)28)33-13-12-29-22(33)15-32(2)3/h6-14,16H,5,15H2,1-4H3. The van der Waals surface area contributed by atoms with E-state index < -0.39 is 17.3 Å². The van der Waals surface area contributed by atoms with E-state index in [0.29, 0.717) is 23.7 Å². The molecule has 0 spiro atoms. The number of halogens is 1. The number of benzene rings is 2. The second kappa shape index (κ2) is 10.5. The summed E-state index contributed by atoms with van der Waals surface area (Å²) in [5, 5.41) is 4.35. The van der Waals surface area contributed by atoms with Crippen molar-refractivity contribution in [3.05, 3.63) is 88.9 Å². The summed E-state index contributed by atoms with van der Waals surface area (Å²) in [6, 6.07) is 11.3. The van der Waals surface area contributed by atoms with Gasteiger partial charge >= 0.3 is 5.97 Å². The number of aromatic nitrogens is 6. The number of hydrogen-bond acceptors (Lipinski definition) is 8. The third-order valence-corrected chi connectivity index (χ3v) is 6.01. The molecule has 0 amide bonds. The lowest BCUT2D eigenvalue weighted by molar-refractivity contribution is 0.0521. The molecule has 39 heavy (non-hydrogen) atoms. The zero-order valence-electron chi connectivity index (χ0n) is 21.8. The quantitative estimate of drug-likeness (QED) is 0.281. The summed E-state index contributed by atoms with van der Waals surface area (Å²) in [5.41, 5.74) is 0.356. The highest BCUT2D eigenvalue weighted by Gasteiger charge is 2.24. The van der Waals surface area contributed by atoms with E-state index in [1.165, 1.54) is 30.3 Å². The monoisotopic (exact) mass is 531 g/mol. The molecule has 200 valence electrons. The van der Waals surface area contributed by atoms with Crippen LogP contribution >= 0.6 is 0 Å². The van der Waals surface area contributed by atoms with Gasteiger partial charge in [0.1, 0.15) is 29.2 Å². The average Bonchev–Trinajstić information content (AvgIpc) is 3.54. The SMILES string of the molecule is CCOC(=O)c1nn(-c2ccc(OC)cc2)c2c(=O)n(-c3ccc(-n4ccnc4CN(C)C)cc3F)cnc12. The average molecular weight is 532 g/mol. The van der Waals surface area contributed by atoms with Gasteiger partial charge in [0.15, 0.2) is 11.2 Å². The molecule has 11 nitrogen and oxygen atoms in total. The number of esters is 1. The smallest absolute Gasteiger partial charge is 0.361 e. The molecule has 0 aliphatic carbocycles. The lowest BCUT2D eigenvalue weighted by Crippen LogP contribution is -2.22. The van der Waals surface area contributed by atoms with Crippen molar-refractivity contribution in [1.82, 2.24) is 33.8 Å². The van der Waals surface area contributed by atoms with Crippen molar-refractivity contribution >= 4 is 17.0 Å². The van der Waals surface area contributed by atoms with Crippen molar-refractivity contribution < 1.29 is 18.7 Å². The first-order valence-electron chi connectivity index (χ1n) is 12.1. The molecule has 0 atom stereocenters. The van der Waals surface area contributed by atoms with Crippen LogP contribution in [0, 0.1) is 5.82 Å². The maximum Gasteiger partial charge on any atom is 0.361 e. The Kier molecular flexibility index (Phi) is 6.94. The Balaban J connectivity index is 1.65. The van der Waals surface area contributed by atoms with Crippen LogP contribution in [0.5, 0.6) is 5.75 Å². The van der Waals surface area contributed by atoms with Crippen LogP contribution in [0.3, 0.4) is 0 Å². The molecule has 0 aliphatic heterocycles. The van der Waals surface area contributed by atoms with Gasteiger partial charge in [-0.3, -0.25) is 9.36 Å². The van der Waals surface area contributed by atoms with Crippen LogP contribution in [0.25, 0.3) is 28.1 Å². The van der Waals surface area contributed by atoms with E-state index in [1.807, 2.05) is 19.0 Å². The lowest BCUT2D eigenvalue weighted by atomic mass is 10.2. The molecule has 3 heterocycles. The molecule has 0 saturated heterocycles. The maximum atomic E-state index is 15.5. The second-order valence-electron chi connectivity index (χ2n) is 8.88. The van der Waals surface area contributed by atoms with Gasteiger partial charge in [-0.05, 0) is 57.4 Å². The molecule has 12 heteroatoms. The fraction of sp³-hybridized carbons (Fsp3) is 0.222. The van der Waals surface area contributed by atoms with E-state index in [9.17, 15) is 9.59 Å². The van der Waals surface area contributed by atoms with Crippen molar-refractivity contribution in [3.8, 4) is 22.8 Å². The Morgan fingerprint density at radius 1 is 1.05 bits per heavy atom. The third kappa shape index (κ3) is 4.77. The minimum atomic E-state index is -0.719. The minimum Gasteiger partial charge on any atom is -0.497 e. The van der Waals surface area contributed by atoms with Crippen LogP contribution in [0.15, 0.2) is 66.0 Å². The second-order valence-corrected chi connectivity index (χ2v) is 8.88. The van der Waals surface area contributed by atoms with E-state index in [1.54, 1.807) is 54.2 Å². The highest BCUT2D eigenvalue weighted by Crippen LogP contribution is 2.23. The zero-order chi connectivity index (χ0) is 27.7. The number of hydrogen-bond donors (Lipinski definition) is 0. The fourth-order valence-corrected chi connectivity index (χ4v) is 4.24. The van der Waals surface area contributed by atoms with E-state index in [0.717, 1.165) is 10.4 Å². The molecular weight excluding hydrogens is 505 g/mol. The number of ether oxygens (including phenoxy) is 2. The zero-order valence-corrected chi connectivity index (χ0v) is 21.8. The van der Waals surface area contributed by atoms with Gasteiger partial charge in [0, 0.05) is 24.1 Å². The van der Waals surface area contributed by atoms with E-state index in [4.69, 9.17) is 9.47 Å². The molecule has 0 bridgehead atoms. The van der Waals surface area contributed by atoms with E-state index in [-0.39, 0.29) is 29.0 Å². The van der Waals surface area contributed by atoms with Gasteiger partial charge in [0.2, 0.25) is 0 Å². The van der Waals surface area contributed by atoms with Gasteiger partial charge in [0.05, 0.1) is 31.6 Å². The topological polar surface area (TPSA) is 109 Å². The van der Waals surface area contributed by atoms with Crippen LogP contribution in [0.1, 0.15) is 23.2 Å². The Bertz CT molecular complexity index is 1720. The number of methoxy groups -OCH3 is 1. The molecule has 0 N–H and O–H groups in total. The van der Waals surface area contributed by atoms with Crippen molar-refractivity contribution in [1.29, 1.82) is 0 Å². The molecule has 2 aromatic carbocycles. The predicted molar refractivity (Wildman–Crippen MR) is 141 cm³/mol. The largest absolute Gasteiger partial charge is 0.497 e. The van der Waals surface area contributed by atoms with Gasteiger partial charge < -0.3 is 18.9 Å². The summed E-state index contributed by atoms with van der Waals surface area (Å²) in [6.45, 7) is 2.35. The summed E-state index contributed by atoms with van der Waals surface area (Å²) >= 11 is 0. The number of nitrogens with zero attached hydrogens (tertiary/aromatic N) is 7. The van der Waals surface area contributed by atoms with Crippen molar-refractivity contribution in [2.75, 3.05) is 27.8 Å². The molecule has 0 aliphatic rings. The summed E-state index contributed by atoms with van der Waals surface area (Å²) in [7, 11) is 5.37. The first-order valence-corrected chi connectivity index (χ1v) is 12.1. The Hall–Kier alpha value is -4.84. The van der Waals surface area contributed by atoms with Gasteiger partial charge in [-0.15, -0.1) is 0 Å². The molecule has 0 saturated carbocycles. The molecule has 3 aromatic heterocycles. The molecule has 0 fully saturated rings. The Morgan fingerprint density at radius 3 is 2.46 bits per heavy atom. The summed E-state index contributed by atoms with van der Waals surface area (Å²) in [4.78, 5) is 37.0. The third-order valence-electron chi connectivity index (χ3n) is 6.01. The van der Waals surface area contributed by atoms with Crippen LogP contribution in [0.2, 0.25) is 0 Å². The number of imidazole rings is 1. The minimum absolute atomic E-state index is 0.00271. The Labute approximate surface area is 222 Å². The number of carbonyl (C=O) groups excluding carboxylic acids is 1. The molecule has 0 radical (unpaired) electrons. The van der Waals surface area contributed by atoms with Gasteiger partial charge in [0.25, 0.3) is 5.56 Å². The van der Waals surface area contributed by atoms with Crippen LogP contribution in [-0.2, 0) is 11.3 Å². The predicted octanol–water partition coefficient (Wildman–Crippen LogP) is 3.14. The highest BCUT2D eigenvalue weighted by molar-refractivity contribution is 6.00. The number of rotatable bonds is 8. The first kappa shape index (κ1) is 25.8. The summed E-state index contributed by atoms with van der Waals surface area (Å²) < 4.78 is 30.0. The van der Waals surface area contributed by atoms with Gasteiger partial charge in [-0.2, -0.15) is 5.10 Å². The molecule has 0 unspecified atom stereocenters. The van der Waals surface area contributed by atoms with E-state index >= 15 is 4.39 Å². The van der Waals surface area contributed by atoms with Gasteiger partial charge in [-0.1, -0.05) is 0 Å².